The van der Waals surface area contributed by atoms with Crippen LogP contribution in [0.25, 0.3) is 16.8 Å². The number of ether oxygens (including phenoxy) is 1. The molecule has 0 amide bonds. The molecule has 0 atom stereocenters. The van der Waals surface area contributed by atoms with Gasteiger partial charge in [-0.1, -0.05) is 71.9 Å². The van der Waals surface area contributed by atoms with E-state index in [2.05, 4.69) is 60.9 Å². The van der Waals surface area contributed by atoms with Gasteiger partial charge in [-0.15, -0.1) is 0 Å². The van der Waals surface area contributed by atoms with E-state index in [4.69, 9.17) is 16.2 Å². The van der Waals surface area contributed by atoms with E-state index in [0.717, 1.165) is 61.0 Å². The molecule has 4 aromatic rings. The molecule has 0 radical (unpaired) electrons. The Kier molecular flexibility index (Phi) is 23.0. The van der Waals surface area contributed by atoms with E-state index in [9.17, 15) is 0 Å². The number of nitrogens with zero attached hydrogens (tertiary/aromatic N) is 4. The zero-order valence-corrected chi connectivity index (χ0v) is 28.8. The number of hydrogen-bond acceptors (Lipinski definition) is 6. The predicted octanol–water partition coefficient (Wildman–Crippen LogP) is 8.60. The van der Waals surface area contributed by atoms with Gasteiger partial charge >= 0.3 is 0 Å². The Bertz CT molecular complexity index is 1330. The highest BCUT2D eigenvalue weighted by atomic mass is 16.5. The first kappa shape index (κ1) is 39.9. The fourth-order valence-electron chi connectivity index (χ4n) is 4.04. The average molecular weight is 603 g/mol. The van der Waals surface area contributed by atoms with Crippen molar-refractivity contribution in [1.82, 2.24) is 14.5 Å². The second-order valence-corrected chi connectivity index (χ2v) is 9.26. The summed E-state index contributed by atoms with van der Waals surface area (Å²) in [6, 6.07) is 22.1. The van der Waals surface area contributed by atoms with Crippen LogP contribution in [0.3, 0.4) is 0 Å². The molecule has 0 saturated heterocycles. The van der Waals surface area contributed by atoms with Crippen molar-refractivity contribution in [3.05, 3.63) is 96.3 Å². The van der Waals surface area contributed by atoms with Crippen molar-refractivity contribution < 1.29 is 4.74 Å². The Hall–Kier alpha value is -4.10. The van der Waals surface area contributed by atoms with Crippen LogP contribution >= 0.6 is 0 Å². The molecule has 4 N–H and O–H groups in total. The number of anilines is 1. The number of fused-ring (bicyclic) bond motifs is 1. The number of likely N-dealkylation sites (N-methyl/N-ethyl adjacent to an activating group) is 1. The number of hydrogen-bond donors (Lipinski definition) is 2. The molecular formula is C37H58N6O. The van der Waals surface area contributed by atoms with Gasteiger partial charge < -0.3 is 21.1 Å². The topological polar surface area (TPSA) is 94.2 Å². The van der Waals surface area contributed by atoms with Crippen LogP contribution < -0.4 is 16.2 Å². The summed E-state index contributed by atoms with van der Waals surface area (Å²) in [4.78, 5) is 6.28. The van der Waals surface area contributed by atoms with Crippen LogP contribution in [0.4, 0.5) is 5.69 Å². The highest BCUT2D eigenvalue weighted by molar-refractivity contribution is 5.74. The van der Waals surface area contributed by atoms with Crippen LogP contribution in [-0.2, 0) is 0 Å². The molecule has 0 bridgehead atoms. The number of nitrogen functional groups attached to an aromatic ring is 1. The minimum Gasteiger partial charge on any atom is -0.492 e. The van der Waals surface area contributed by atoms with Gasteiger partial charge in [0.1, 0.15) is 12.4 Å². The molecule has 0 fully saturated rings. The maximum Gasteiger partial charge on any atom is 0.119 e. The summed E-state index contributed by atoms with van der Waals surface area (Å²) in [5, 5.41) is 4.58. The number of aromatic nitrogens is 2. The van der Waals surface area contributed by atoms with Gasteiger partial charge in [-0.3, -0.25) is 4.99 Å². The lowest BCUT2D eigenvalue weighted by atomic mass is 10.1. The Balaban J connectivity index is 0.000000639. The van der Waals surface area contributed by atoms with Crippen molar-refractivity contribution in [2.45, 2.75) is 68.7 Å². The third kappa shape index (κ3) is 15.4. The van der Waals surface area contributed by atoms with E-state index in [-0.39, 0.29) is 0 Å². The molecule has 0 spiro atoms. The van der Waals surface area contributed by atoms with Crippen LogP contribution in [0.1, 0.15) is 66.0 Å². The van der Waals surface area contributed by atoms with Gasteiger partial charge in [0, 0.05) is 42.3 Å². The van der Waals surface area contributed by atoms with E-state index in [1.807, 2.05) is 93.9 Å². The molecular weight excluding hydrogens is 544 g/mol. The fourth-order valence-corrected chi connectivity index (χ4v) is 4.04. The minimum absolute atomic E-state index is 0.763. The maximum atomic E-state index is 5.81. The third-order valence-corrected chi connectivity index (χ3v) is 6.08. The van der Waals surface area contributed by atoms with E-state index >= 15 is 0 Å². The number of aryl methyl sites for hydroxylation is 2. The Morgan fingerprint density at radius 3 is 2.23 bits per heavy atom. The summed E-state index contributed by atoms with van der Waals surface area (Å²) in [5.74, 6) is 0.979. The number of rotatable bonds is 10. The van der Waals surface area contributed by atoms with Crippen molar-refractivity contribution in [3.63, 3.8) is 0 Å². The van der Waals surface area contributed by atoms with Gasteiger partial charge in [-0.25, -0.2) is 4.52 Å². The molecule has 7 nitrogen and oxygen atoms in total. The van der Waals surface area contributed by atoms with Gasteiger partial charge in [0.15, 0.2) is 0 Å². The highest BCUT2D eigenvalue weighted by Crippen LogP contribution is 2.26. The van der Waals surface area contributed by atoms with Crippen molar-refractivity contribution >= 4 is 17.4 Å². The van der Waals surface area contributed by atoms with Gasteiger partial charge in [0.05, 0.1) is 11.2 Å². The molecule has 0 aliphatic rings. The first-order valence-corrected chi connectivity index (χ1v) is 16.0. The average Bonchev–Trinajstić information content (AvgIpc) is 3.40. The van der Waals surface area contributed by atoms with Gasteiger partial charge in [-0.05, 0) is 94.5 Å². The zero-order chi connectivity index (χ0) is 33.2. The van der Waals surface area contributed by atoms with Crippen LogP contribution in [0.5, 0.6) is 5.75 Å². The Morgan fingerprint density at radius 2 is 1.64 bits per heavy atom. The minimum atomic E-state index is 0.763. The Labute approximate surface area is 267 Å². The van der Waals surface area contributed by atoms with Crippen LogP contribution in [0.2, 0.25) is 0 Å². The second-order valence-electron chi connectivity index (χ2n) is 9.26. The van der Waals surface area contributed by atoms with E-state index in [1.165, 1.54) is 23.7 Å². The first-order valence-electron chi connectivity index (χ1n) is 16.0. The van der Waals surface area contributed by atoms with Crippen LogP contribution in [0.15, 0.2) is 90.2 Å². The second kappa shape index (κ2) is 25.4. The SMILES string of the molecule is CC.CC.CCCN(CC)CCOc1cccc(C)c1.CCN=C/C=C\N.Cc1c(-c2cccc(N)c2)nn2ccccc12. The molecule has 242 valence electrons. The van der Waals surface area contributed by atoms with E-state index < -0.39 is 0 Å². The normalized spacial score (nSPS) is 10.2. The van der Waals surface area contributed by atoms with Crippen LogP contribution in [0, 0.1) is 13.8 Å². The summed E-state index contributed by atoms with van der Waals surface area (Å²) < 4.78 is 7.62. The number of pyridine rings is 1. The zero-order valence-electron chi connectivity index (χ0n) is 28.8. The summed E-state index contributed by atoms with van der Waals surface area (Å²) in [6.07, 6.45) is 8.00. The molecule has 0 aliphatic heterocycles. The standard InChI is InChI=1S/C14H13N3.C14H23NO.C5H10N2.2C2H6/c1-10-13-7-2-3-8-17(13)16-14(10)11-5-4-6-12(15)9-11;1-4-9-15(5-2)10-11-16-14-8-6-7-13(3)12-14;1-2-7-5-3-4-6;2*1-2/h2-9H,15H2,1H3;6-8,12H,4-5,9-11H2,1-3H3;3-5H,2,6H2,1H3;2*1-2H3/b;;4-3-,7-5?;;. The Morgan fingerprint density at radius 1 is 0.909 bits per heavy atom. The summed E-state index contributed by atoms with van der Waals surface area (Å²) in [7, 11) is 0. The number of nitrogens with two attached hydrogens (primary N) is 2. The monoisotopic (exact) mass is 602 g/mol. The van der Waals surface area contributed by atoms with Gasteiger partial charge in [0.25, 0.3) is 0 Å². The summed E-state index contributed by atoms with van der Waals surface area (Å²) in [5.41, 5.74) is 17.2. The lowest BCUT2D eigenvalue weighted by Crippen LogP contribution is -2.28. The fraction of sp³-hybridized carbons (Fsp3) is 0.405. The molecule has 44 heavy (non-hydrogen) atoms. The smallest absolute Gasteiger partial charge is 0.119 e. The predicted molar refractivity (Wildman–Crippen MR) is 194 cm³/mol. The highest BCUT2D eigenvalue weighted by Gasteiger charge is 2.10. The molecule has 0 aliphatic carbocycles. The molecule has 0 unspecified atom stereocenters. The van der Waals surface area contributed by atoms with Crippen LogP contribution in [-0.4, -0.2) is 53.5 Å². The maximum absolute atomic E-state index is 5.81. The largest absolute Gasteiger partial charge is 0.492 e. The molecule has 4 rings (SSSR count). The quantitative estimate of drug-likeness (QED) is 0.140. The number of benzene rings is 2. The molecule has 0 saturated carbocycles. The lowest BCUT2D eigenvalue weighted by Gasteiger charge is -2.19. The molecule has 2 aromatic heterocycles. The van der Waals surface area contributed by atoms with Crippen molar-refractivity contribution in [2.24, 2.45) is 10.7 Å². The van der Waals surface area contributed by atoms with E-state index in [1.54, 1.807) is 12.3 Å². The van der Waals surface area contributed by atoms with Gasteiger partial charge in [0.2, 0.25) is 0 Å². The van der Waals surface area contributed by atoms with Crippen molar-refractivity contribution in [1.29, 1.82) is 0 Å². The van der Waals surface area contributed by atoms with Crippen molar-refractivity contribution in [2.75, 3.05) is 38.5 Å². The summed E-state index contributed by atoms with van der Waals surface area (Å²) in [6.45, 7) is 23.4. The molecule has 2 heterocycles. The van der Waals surface area contributed by atoms with Gasteiger partial charge in [-0.2, -0.15) is 5.10 Å². The van der Waals surface area contributed by atoms with E-state index in [0.29, 0.717) is 0 Å². The number of allylic oxidation sites excluding steroid dienone is 1. The third-order valence-electron chi connectivity index (χ3n) is 6.08. The summed E-state index contributed by atoms with van der Waals surface area (Å²) >= 11 is 0. The van der Waals surface area contributed by atoms with Crippen molar-refractivity contribution in [3.8, 4) is 17.0 Å². The first-order chi connectivity index (χ1) is 21.4. The number of aliphatic imine (C=N–C) groups is 1. The molecule has 2 aromatic carbocycles. The lowest BCUT2D eigenvalue weighted by molar-refractivity contribution is 0.216. The molecule has 7 heteroatoms.